The van der Waals surface area contributed by atoms with Crippen molar-refractivity contribution in [3.05, 3.63) is 177 Å². The minimum Gasteiger partial charge on any atom is -0.445 e. The van der Waals surface area contributed by atoms with Gasteiger partial charge in [-0.15, -0.1) is 0 Å². The van der Waals surface area contributed by atoms with E-state index in [0.717, 1.165) is 21.7 Å². The SMILES string of the molecule is CC(C)[C@H](NC(=O)CCOCCOCCOCCOCCNC(=O)CCC(=O)N1Cc2ccccc2C#Cc2ccccc21)C(=O)C[C@@H](CCCNC(N)=O)C(=O)Nc1ccc(COC(=O)N(C)CCCS(=O)(=O)c2cccc(-c3ccc(C4CC(C(O)(C(F)(F)F)C(F)(F)F)=NN4c4c(Cl)cccc4Cl)cc3)c2)cc1. The third kappa shape index (κ3) is 24.9. The summed E-state index contributed by atoms with van der Waals surface area (Å²) in [6.07, 6.45) is -14.1. The molecule has 0 aromatic heterocycles. The maximum absolute atomic E-state index is 14.1. The third-order valence-corrected chi connectivity index (χ3v) is 20.4. The van der Waals surface area contributed by atoms with Gasteiger partial charge in [-0.25, -0.2) is 18.0 Å². The molecule has 7 N–H and O–H groups in total. The maximum Gasteiger partial charge on any atom is 0.431 e. The number of nitrogens with two attached hydrogens (primary N) is 1. The second-order valence-corrected chi connectivity index (χ2v) is 29.3. The van der Waals surface area contributed by atoms with Crippen LogP contribution in [0.3, 0.4) is 0 Å². The van der Waals surface area contributed by atoms with Crippen LogP contribution in [0.15, 0.2) is 150 Å². The van der Waals surface area contributed by atoms with Gasteiger partial charge in [-0.05, 0) is 108 Å². The summed E-state index contributed by atoms with van der Waals surface area (Å²) in [5.41, 5.74) is 3.12. The van der Waals surface area contributed by atoms with Crippen molar-refractivity contribution in [2.45, 2.75) is 113 Å². The van der Waals surface area contributed by atoms with Gasteiger partial charge >= 0.3 is 24.5 Å². The number of amides is 7. The lowest BCUT2D eigenvalue weighted by molar-refractivity contribution is -0.338. The smallest absolute Gasteiger partial charge is 0.431 e. The molecule has 24 nitrogen and oxygen atoms in total. The number of primary amides is 1. The van der Waals surface area contributed by atoms with Crippen LogP contribution in [0.1, 0.15) is 99.1 Å². The topological polar surface area (TPSA) is 316 Å². The van der Waals surface area contributed by atoms with E-state index < -0.39 is 93.4 Å². The largest absolute Gasteiger partial charge is 0.445 e. The van der Waals surface area contributed by atoms with Gasteiger partial charge in [0.25, 0.3) is 5.60 Å². The van der Waals surface area contributed by atoms with Crippen LogP contribution in [0.4, 0.5) is 53.0 Å². The molecule has 0 saturated heterocycles. The summed E-state index contributed by atoms with van der Waals surface area (Å²) in [5, 5.41) is 25.3. The van der Waals surface area contributed by atoms with E-state index in [2.05, 4.69) is 38.2 Å². The Kier molecular flexibility index (Phi) is 32.1. The normalized spacial score (nSPS) is 14.1. The van der Waals surface area contributed by atoms with Crippen molar-refractivity contribution in [2.24, 2.45) is 22.7 Å². The highest BCUT2D eigenvalue weighted by Crippen LogP contribution is 2.51. The predicted molar refractivity (Wildman–Crippen MR) is 404 cm³/mol. The fourth-order valence-electron chi connectivity index (χ4n) is 12.0. The average molecular weight is 1610 g/mol. The van der Waals surface area contributed by atoms with E-state index in [1.165, 1.54) is 72.6 Å². The second-order valence-electron chi connectivity index (χ2n) is 26.4. The van der Waals surface area contributed by atoms with E-state index >= 15 is 0 Å². The van der Waals surface area contributed by atoms with Gasteiger partial charge in [0.1, 0.15) is 6.61 Å². The number of para-hydroxylation sites is 2. The van der Waals surface area contributed by atoms with Crippen LogP contribution in [0.25, 0.3) is 11.1 Å². The number of ether oxygens (including phenoxy) is 5. The molecule has 2 aliphatic heterocycles. The molecule has 0 radical (unpaired) electrons. The number of nitrogens with one attached hydrogen (secondary N) is 4. The molecule has 6 aromatic carbocycles. The number of halogens is 8. The van der Waals surface area contributed by atoms with Gasteiger partial charge in [0.05, 0.1) is 109 Å². The number of anilines is 3. The van der Waals surface area contributed by atoms with Gasteiger partial charge in [0, 0.05) is 81.5 Å². The van der Waals surface area contributed by atoms with Crippen molar-refractivity contribution < 1.29 is 97.1 Å². The van der Waals surface area contributed by atoms with Crippen LogP contribution in [0, 0.1) is 23.7 Å². The van der Waals surface area contributed by atoms with Crippen molar-refractivity contribution in [3.8, 4) is 23.0 Å². The quantitative estimate of drug-likeness (QED) is 0.0118. The zero-order valence-electron chi connectivity index (χ0n) is 61.1. The summed E-state index contributed by atoms with van der Waals surface area (Å²) in [4.78, 5) is 94.1. The number of carbonyl (C=O) groups is 7. The Bertz CT molecular complexity index is 4400. The van der Waals surface area contributed by atoms with Crippen LogP contribution in [-0.4, -0.2) is 175 Å². The zero-order chi connectivity index (χ0) is 80.5. The number of hydrazone groups is 1. The Balaban J connectivity index is 0.699. The highest BCUT2D eigenvalue weighted by molar-refractivity contribution is 7.91. The van der Waals surface area contributed by atoms with Crippen LogP contribution >= 0.6 is 23.2 Å². The minimum absolute atomic E-state index is 0.0148. The number of benzene rings is 6. The highest BCUT2D eigenvalue weighted by Gasteiger charge is 2.74. The molecule has 2 aliphatic rings. The lowest BCUT2D eigenvalue weighted by Crippen LogP contribution is -2.62. The Morgan fingerprint density at radius 1 is 0.694 bits per heavy atom. The molecule has 0 saturated carbocycles. The van der Waals surface area contributed by atoms with E-state index in [1.54, 1.807) is 49.1 Å². The number of hydrogen-bond acceptors (Lipinski definition) is 17. The van der Waals surface area contributed by atoms with E-state index in [0.29, 0.717) is 34.6 Å². The summed E-state index contributed by atoms with van der Waals surface area (Å²) < 4.78 is 139. The molecular formula is C78H87Cl2F6N9O15S. The number of hydrogen-bond donors (Lipinski definition) is 6. The summed E-state index contributed by atoms with van der Waals surface area (Å²) in [7, 11) is -2.56. The summed E-state index contributed by atoms with van der Waals surface area (Å²) in [6.45, 7) is 5.82. The van der Waals surface area contributed by atoms with E-state index in [4.69, 9.17) is 52.6 Å². The Morgan fingerprint density at radius 3 is 1.95 bits per heavy atom. The minimum atomic E-state index is -6.21. The van der Waals surface area contributed by atoms with E-state index in [1.807, 2.05) is 48.5 Å². The first-order chi connectivity index (χ1) is 52.8. The van der Waals surface area contributed by atoms with Gasteiger partial charge in [0.15, 0.2) is 15.6 Å². The van der Waals surface area contributed by atoms with Crippen LogP contribution in [-0.2, 0) is 70.6 Å². The molecule has 2 heterocycles. The van der Waals surface area contributed by atoms with E-state index in [9.17, 15) is 73.4 Å². The molecule has 6 aromatic rings. The fourth-order valence-corrected chi connectivity index (χ4v) is 13.9. The number of carbonyl (C=O) groups excluding carboxylic acids is 7. The van der Waals surface area contributed by atoms with Crippen LogP contribution in [0.5, 0.6) is 0 Å². The van der Waals surface area contributed by atoms with Gasteiger partial charge < -0.3 is 65.6 Å². The lowest BCUT2D eigenvalue weighted by Gasteiger charge is -2.32. The highest BCUT2D eigenvalue weighted by atomic mass is 35.5. The average Bonchev–Trinajstić information content (AvgIpc) is 1.60. The number of ketones is 1. The number of aliphatic hydroxyl groups is 1. The predicted octanol–water partition coefficient (Wildman–Crippen LogP) is 11.7. The maximum atomic E-state index is 14.1. The molecule has 3 atom stereocenters. The molecule has 0 bridgehead atoms. The number of urea groups is 1. The lowest BCUT2D eigenvalue weighted by atomic mass is 9.89. The standard InChI is InChI=1S/C78H87Cl2F6N9O15S/c1-51(2)71(91-69(98)33-37-106-39-41-108-43-44-109-42-40-107-38-35-88-68(97)31-32-70(99)94-49-59-14-5-4-12-53(59)23-26-55-13-6-7-20-64(55)94)66(96)47-58(16-10-34-89-74(87)101)73(100)90-60-29-21-52(22-30-60)50-110-75(102)93(3)36-11-45-111(104,105)61-17-8-15-57(46-61)54-24-27-56(28-25-54)65-48-67(76(103,77(81,82)83)78(84,85)86)92-95(65)72-62(79)18-9-19-63(72)80/h4-9,12-15,17-22,24-25,27-30,46,51,58,65,71,103H,10-11,16,31-45,47-50H2,1-3H3,(H,88,97)(H,90,100)(H,91,98)(H3,87,89,101)/t58-,65?,71+/m1/s1. The monoisotopic (exact) mass is 1610 g/mol. The Labute approximate surface area is 648 Å². The number of nitrogens with zero attached hydrogens (tertiary/aromatic N) is 4. The van der Waals surface area contributed by atoms with Crippen LogP contribution < -0.4 is 36.9 Å². The molecular weight excluding hydrogens is 1520 g/mol. The molecule has 33 heteroatoms. The first-order valence-electron chi connectivity index (χ1n) is 35.6. The molecule has 1 unspecified atom stereocenters. The molecule has 0 fully saturated rings. The first-order valence-corrected chi connectivity index (χ1v) is 38.1. The summed E-state index contributed by atoms with van der Waals surface area (Å²) >= 11 is 12.7. The second kappa shape index (κ2) is 41.0. The van der Waals surface area contributed by atoms with Gasteiger partial charge in [-0.2, -0.15) is 31.4 Å². The Hall–Kier alpha value is -9.65. The Morgan fingerprint density at radius 2 is 1.31 bits per heavy atom. The molecule has 0 aliphatic carbocycles. The van der Waals surface area contributed by atoms with Crippen molar-refractivity contribution in [3.63, 3.8) is 0 Å². The first kappa shape index (κ1) is 86.9. The molecule has 111 heavy (non-hydrogen) atoms. The van der Waals surface area contributed by atoms with Crippen molar-refractivity contribution in [1.29, 1.82) is 0 Å². The molecule has 596 valence electrons. The van der Waals surface area contributed by atoms with Gasteiger partial charge in [-0.3, -0.25) is 29.0 Å². The molecule has 8 rings (SSSR count). The van der Waals surface area contributed by atoms with E-state index in [-0.39, 0.29) is 168 Å². The zero-order valence-corrected chi connectivity index (χ0v) is 63.4. The van der Waals surface area contributed by atoms with Gasteiger partial charge in [-0.1, -0.05) is 134 Å². The molecule has 7 amide bonds. The number of sulfone groups is 1. The number of rotatable bonds is 40. The number of Topliss-reactive ketones (excluding diaryl/α,β-unsaturated/α-hetero) is 1. The fraction of sp³-hybridized carbons (Fsp3) is 0.410. The number of alkyl halides is 6. The van der Waals surface area contributed by atoms with Gasteiger partial charge in [0.2, 0.25) is 23.6 Å². The van der Waals surface area contributed by atoms with Crippen molar-refractivity contribution >= 4 is 97.3 Å². The summed E-state index contributed by atoms with van der Waals surface area (Å²) in [5.74, 6) is 2.90. The van der Waals surface area contributed by atoms with Crippen molar-refractivity contribution in [2.75, 3.05) is 101 Å². The summed E-state index contributed by atoms with van der Waals surface area (Å²) in [6, 6.07) is 34.0. The third-order valence-electron chi connectivity index (χ3n) is 18.0. The molecule has 0 spiro atoms. The number of fused-ring (bicyclic) bond motifs is 2. The van der Waals surface area contributed by atoms with Crippen LogP contribution in [0.2, 0.25) is 10.0 Å². The van der Waals surface area contributed by atoms with Crippen molar-refractivity contribution in [1.82, 2.24) is 20.9 Å².